The van der Waals surface area contributed by atoms with E-state index in [4.69, 9.17) is 9.15 Å². The monoisotopic (exact) mass is 398 g/mol. The first-order valence-corrected chi connectivity index (χ1v) is 9.57. The van der Waals surface area contributed by atoms with Crippen LogP contribution in [0.1, 0.15) is 33.3 Å². The van der Waals surface area contributed by atoms with Crippen molar-refractivity contribution < 1.29 is 13.9 Å². The van der Waals surface area contributed by atoms with Crippen LogP contribution in [0.2, 0.25) is 0 Å². The second-order valence-corrected chi connectivity index (χ2v) is 7.14. The predicted octanol–water partition coefficient (Wildman–Crippen LogP) is 3.94. The number of fused-ring (bicyclic) bond motifs is 2. The number of hydrogen-bond donors (Lipinski definition) is 0. The maximum Gasteiger partial charge on any atom is 0.291 e. The number of pyridine rings is 1. The van der Waals surface area contributed by atoms with Crippen molar-refractivity contribution >= 4 is 16.9 Å². The van der Waals surface area contributed by atoms with Crippen molar-refractivity contribution in [1.29, 1.82) is 0 Å². The lowest BCUT2D eigenvalue weighted by atomic mass is 9.98. The summed E-state index contributed by atoms with van der Waals surface area (Å²) in [6.07, 6.45) is 3.36. The zero-order valence-corrected chi connectivity index (χ0v) is 16.2. The van der Waals surface area contributed by atoms with Crippen molar-refractivity contribution in [3.63, 3.8) is 0 Å². The molecule has 6 nitrogen and oxygen atoms in total. The Kier molecular flexibility index (Phi) is 4.32. The number of rotatable bonds is 4. The minimum Gasteiger partial charge on any atom is -0.497 e. The number of benzene rings is 2. The Morgan fingerprint density at radius 2 is 1.83 bits per heavy atom. The summed E-state index contributed by atoms with van der Waals surface area (Å²) < 4.78 is 11.3. The van der Waals surface area contributed by atoms with Gasteiger partial charge in [0.1, 0.15) is 11.3 Å². The van der Waals surface area contributed by atoms with Crippen LogP contribution >= 0.6 is 0 Å². The van der Waals surface area contributed by atoms with Gasteiger partial charge >= 0.3 is 0 Å². The van der Waals surface area contributed by atoms with Gasteiger partial charge in [-0.25, -0.2) is 0 Å². The lowest BCUT2D eigenvalue weighted by molar-refractivity contribution is 0.0714. The topological polar surface area (TPSA) is 72.6 Å². The molecule has 0 saturated carbocycles. The van der Waals surface area contributed by atoms with Crippen molar-refractivity contribution in [2.45, 2.75) is 12.6 Å². The quantitative estimate of drug-likeness (QED) is 0.521. The van der Waals surface area contributed by atoms with Gasteiger partial charge in [-0.3, -0.25) is 14.6 Å². The number of amides is 1. The van der Waals surface area contributed by atoms with E-state index in [-0.39, 0.29) is 17.1 Å². The van der Waals surface area contributed by atoms with Crippen LogP contribution in [0, 0.1) is 0 Å². The molecule has 30 heavy (non-hydrogen) atoms. The minimum absolute atomic E-state index is 0.0978. The van der Waals surface area contributed by atoms with Crippen LogP contribution in [0.5, 0.6) is 5.75 Å². The Morgan fingerprint density at radius 3 is 2.63 bits per heavy atom. The van der Waals surface area contributed by atoms with E-state index in [9.17, 15) is 9.59 Å². The summed E-state index contributed by atoms with van der Waals surface area (Å²) in [4.78, 5) is 32.5. The van der Waals surface area contributed by atoms with E-state index in [0.29, 0.717) is 28.8 Å². The molecule has 0 fully saturated rings. The Hall–Kier alpha value is -3.93. The van der Waals surface area contributed by atoms with E-state index < -0.39 is 6.04 Å². The highest BCUT2D eigenvalue weighted by molar-refractivity contribution is 5.99. The van der Waals surface area contributed by atoms with Crippen molar-refractivity contribution in [2.75, 3.05) is 7.11 Å². The fraction of sp³-hybridized carbons (Fsp3) is 0.125. The first-order valence-electron chi connectivity index (χ1n) is 9.57. The zero-order valence-electron chi connectivity index (χ0n) is 16.2. The lowest BCUT2D eigenvalue weighted by Crippen LogP contribution is -2.29. The number of carbonyl (C=O) groups excluding carboxylic acids is 1. The van der Waals surface area contributed by atoms with E-state index in [2.05, 4.69) is 4.98 Å². The molecule has 0 saturated heterocycles. The number of para-hydroxylation sites is 1. The van der Waals surface area contributed by atoms with Gasteiger partial charge < -0.3 is 14.1 Å². The molecular weight excluding hydrogens is 380 g/mol. The molecule has 2 aromatic heterocycles. The summed E-state index contributed by atoms with van der Waals surface area (Å²) in [5.41, 5.74) is 2.28. The number of carbonyl (C=O) groups is 1. The van der Waals surface area contributed by atoms with Crippen LogP contribution in [0.4, 0.5) is 0 Å². The smallest absolute Gasteiger partial charge is 0.291 e. The Labute approximate surface area is 172 Å². The molecule has 1 unspecified atom stereocenters. The van der Waals surface area contributed by atoms with Gasteiger partial charge in [0.05, 0.1) is 24.1 Å². The van der Waals surface area contributed by atoms with Gasteiger partial charge in [0.25, 0.3) is 5.91 Å². The van der Waals surface area contributed by atoms with Gasteiger partial charge in [-0.2, -0.15) is 0 Å². The average Bonchev–Trinajstić information content (AvgIpc) is 3.06. The van der Waals surface area contributed by atoms with E-state index in [1.807, 2.05) is 36.4 Å². The first-order chi connectivity index (χ1) is 14.7. The van der Waals surface area contributed by atoms with E-state index >= 15 is 0 Å². The highest BCUT2D eigenvalue weighted by Gasteiger charge is 2.42. The van der Waals surface area contributed by atoms with E-state index in [1.54, 1.807) is 48.7 Å². The second-order valence-electron chi connectivity index (χ2n) is 7.14. The SMILES string of the molecule is COc1cccc(C2c3c(oc4ccccc4c3=O)C(=O)N2Cc2ccncc2)c1. The van der Waals surface area contributed by atoms with Crippen LogP contribution in [0.15, 0.2) is 82.3 Å². The highest BCUT2D eigenvalue weighted by Crippen LogP contribution is 2.39. The predicted molar refractivity (Wildman–Crippen MR) is 111 cm³/mol. The Balaban J connectivity index is 1.74. The van der Waals surface area contributed by atoms with Gasteiger partial charge in [0, 0.05) is 18.9 Å². The number of ether oxygens (including phenoxy) is 1. The van der Waals surface area contributed by atoms with Gasteiger partial charge in [0.15, 0.2) is 5.43 Å². The summed E-state index contributed by atoms with van der Waals surface area (Å²) >= 11 is 0. The Bertz CT molecular complexity index is 1310. The molecule has 1 aliphatic rings. The normalized spacial score (nSPS) is 15.4. The van der Waals surface area contributed by atoms with Crippen LogP contribution in [0.25, 0.3) is 11.0 Å². The van der Waals surface area contributed by atoms with Crippen LogP contribution < -0.4 is 10.2 Å². The van der Waals surface area contributed by atoms with Crippen molar-refractivity contribution in [3.8, 4) is 5.75 Å². The molecule has 0 radical (unpaired) electrons. The molecule has 1 amide bonds. The number of methoxy groups -OCH3 is 1. The molecule has 5 rings (SSSR count). The number of hydrogen-bond acceptors (Lipinski definition) is 5. The van der Waals surface area contributed by atoms with Gasteiger partial charge in [0.2, 0.25) is 5.76 Å². The standard InChI is InChI=1S/C24H18N2O4/c1-29-17-6-4-5-16(13-17)21-20-22(27)18-7-2-3-8-19(18)30-23(20)24(28)26(21)14-15-9-11-25-12-10-15/h2-13,21H,14H2,1H3. The number of aromatic nitrogens is 1. The molecule has 2 aromatic carbocycles. The molecule has 3 heterocycles. The van der Waals surface area contributed by atoms with Crippen LogP contribution in [0.3, 0.4) is 0 Å². The van der Waals surface area contributed by atoms with Crippen molar-refractivity contribution in [2.24, 2.45) is 0 Å². The third-order valence-corrected chi connectivity index (χ3v) is 5.38. The molecule has 148 valence electrons. The van der Waals surface area contributed by atoms with Crippen molar-refractivity contribution in [1.82, 2.24) is 9.88 Å². The summed E-state index contributed by atoms with van der Waals surface area (Å²) in [6, 6.07) is 17.6. The van der Waals surface area contributed by atoms with Gasteiger partial charge in [-0.1, -0.05) is 24.3 Å². The molecule has 6 heteroatoms. The summed E-state index contributed by atoms with van der Waals surface area (Å²) in [5.74, 6) is 0.445. The average molecular weight is 398 g/mol. The minimum atomic E-state index is -0.573. The fourth-order valence-electron chi connectivity index (χ4n) is 3.97. The maximum absolute atomic E-state index is 13.4. The van der Waals surface area contributed by atoms with Crippen molar-refractivity contribution in [3.05, 3.63) is 106 Å². The largest absolute Gasteiger partial charge is 0.497 e. The van der Waals surface area contributed by atoms with E-state index in [0.717, 1.165) is 11.1 Å². The maximum atomic E-state index is 13.4. The molecule has 4 aromatic rings. The van der Waals surface area contributed by atoms with Gasteiger partial charge in [-0.15, -0.1) is 0 Å². The van der Waals surface area contributed by atoms with Crippen LogP contribution in [-0.2, 0) is 6.54 Å². The lowest BCUT2D eigenvalue weighted by Gasteiger charge is -2.25. The third kappa shape index (κ3) is 2.85. The molecule has 0 aliphatic carbocycles. The second kappa shape index (κ2) is 7.15. The van der Waals surface area contributed by atoms with Gasteiger partial charge in [-0.05, 0) is 47.5 Å². The zero-order chi connectivity index (χ0) is 20.7. The van der Waals surface area contributed by atoms with E-state index in [1.165, 1.54) is 0 Å². The molecule has 0 N–H and O–H groups in total. The summed E-state index contributed by atoms with van der Waals surface area (Å²) in [6.45, 7) is 0.323. The van der Waals surface area contributed by atoms with Crippen LogP contribution in [-0.4, -0.2) is 22.9 Å². The molecule has 0 bridgehead atoms. The molecule has 0 spiro atoms. The molecule has 1 atom stereocenters. The highest BCUT2D eigenvalue weighted by atomic mass is 16.5. The number of nitrogens with zero attached hydrogens (tertiary/aromatic N) is 2. The summed E-state index contributed by atoms with van der Waals surface area (Å²) in [7, 11) is 1.59. The summed E-state index contributed by atoms with van der Waals surface area (Å²) in [5, 5.41) is 0.461. The Morgan fingerprint density at radius 1 is 1.03 bits per heavy atom. The first kappa shape index (κ1) is 18.1. The third-order valence-electron chi connectivity index (χ3n) is 5.38. The fourth-order valence-corrected chi connectivity index (χ4v) is 3.97. The molecular formula is C24H18N2O4. The molecule has 1 aliphatic heterocycles.